The summed E-state index contributed by atoms with van der Waals surface area (Å²) in [6, 6.07) is 3.95. The molecule has 6 nitrogen and oxygen atoms in total. The molecule has 1 spiro atoms. The van der Waals surface area contributed by atoms with Crippen LogP contribution in [0.15, 0.2) is 24.0 Å². The Kier molecular flexibility index (Phi) is 4.74. The van der Waals surface area contributed by atoms with Crippen molar-refractivity contribution in [3.63, 3.8) is 0 Å². The Morgan fingerprint density at radius 2 is 2.00 bits per heavy atom. The summed E-state index contributed by atoms with van der Waals surface area (Å²) in [5.74, 6) is -0.493. The number of benzene rings is 1. The highest BCUT2D eigenvalue weighted by atomic mass is 19.4. The summed E-state index contributed by atoms with van der Waals surface area (Å²) < 4.78 is 52.0. The van der Waals surface area contributed by atoms with Gasteiger partial charge in [-0.2, -0.15) is 13.2 Å². The van der Waals surface area contributed by atoms with E-state index in [1.165, 1.54) is 25.3 Å². The third kappa shape index (κ3) is 3.44. The third-order valence-electron chi connectivity index (χ3n) is 4.46. The fraction of sp³-hybridized carbons (Fsp3) is 0.471. The van der Waals surface area contributed by atoms with E-state index in [2.05, 4.69) is 5.32 Å². The molecule has 0 radical (unpaired) electrons. The lowest BCUT2D eigenvalue weighted by atomic mass is 9.88. The highest BCUT2D eigenvalue weighted by molar-refractivity contribution is 6.23. The van der Waals surface area contributed by atoms with Crippen LogP contribution in [0.1, 0.15) is 18.4 Å². The first-order valence-corrected chi connectivity index (χ1v) is 7.98. The second-order valence-corrected chi connectivity index (χ2v) is 6.14. The number of aliphatic hydroxyl groups excluding tert-OH is 1. The van der Waals surface area contributed by atoms with Gasteiger partial charge < -0.3 is 24.6 Å². The molecule has 2 aliphatic heterocycles. The number of alkyl halides is 3. The van der Waals surface area contributed by atoms with Gasteiger partial charge in [0.05, 0.1) is 12.7 Å². The van der Waals surface area contributed by atoms with Crippen LogP contribution in [0.3, 0.4) is 0 Å². The molecule has 1 aromatic carbocycles. The molecule has 9 heteroatoms. The van der Waals surface area contributed by atoms with E-state index in [0.717, 1.165) is 0 Å². The molecular formula is C17H18F3NO5. The first-order chi connectivity index (χ1) is 12.3. The van der Waals surface area contributed by atoms with Crippen LogP contribution in [0.25, 0.3) is 5.57 Å². The first kappa shape index (κ1) is 18.4. The van der Waals surface area contributed by atoms with Crippen LogP contribution < -0.4 is 14.8 Å². The fourth-order valence-corrected chi connectivity index (χ4v) is 3.15. The number of amides is 1. The van der Waals surface area contributed by atoms with Crippen LogP contribution in [-0.2, 0) is 9.53 Å². The summed E-state index contributed by atoms with van der Waals surface area (Å²) in [5.41, 5.74) is -0.544. The van der Waals surface area contributed by atoms with Crippen molar-refractivity contribution in [1.82, 2.24) is 5.32 Å². The number of hydrogen-bond donors (Lipinski definition) is 2. The topological polar surface area (TPSA) is 77.0 Å². The van der Waals surface area contributed by atoms with Gasteiger partial charge in [-0.25, -0.2) is 0 Å². The predicted octanol–water partition coefficient (Wildman–Crippen LogP) is 2.58. The second-order valence-electron chi connectivity index (χ2n) is 6.14. The molecule has 2 aliphatic rings. The Balaban J connectivity index is 1.94. The average Bonchev–Trinajstić information content (AvgIpc) is 2.83. The van der Waals surface area contributed by atoms with Crippen molar-refractivity contribution < 1.29 is 37.3 Å². The van der Waals surface area contributed by atoms with Crippen molar-refractivity contribution in [3.05, 3.63) is 29.5 Å². The minimum absolute atomic E-state index is 0.0473. The molecule has 1 amide bonds. The maximum Gasteiger partial charge on any atom is 0.422 e. The Morgan fingerprint density at radius 3 is 2.62 bits per heavy atom. The number of aliphatic hydroxyl groups is 1. The number of rotatable bonds is 4. The molecule has 3 rings (SSSR count). The molecule has 2 heterocycles. The Morgan fingerprint density at radius 1 is 1.31 bits per heavy atom. The molecule has 0 unspecified atom stereocenters. The summed E-state index contributed by atoms with van der Waals surface area (Å²) in [6.45, 7) is -0.634. The molecule has 0 aliphatic carbocycles. The largest absolute Gasteiger partial charge is 0.509 e. The first-order valence-electron chi connectivity index (χ1n) is 7.98. The number of hydrogen-bond acceptors (Lipinski definition) is 5. The van der Waals surface area contributed by atoms with Gasteiger partial charge in [-0.3, -0.25) is 4.79 Å². The van der Waals surface area contributed by atoms with Crippen molar-refractivity contribution in [1.29, 1.82) is 0 Å². The quantitative estimate of drug-likeness (QED) is 0.848. The van der Waals surface area contributed by atoms with E-state index >= 15 is 0 Å². The highest BCUT2D eigenvalue weighted by Gasteiger charge is 2.47. The SMILES string of the molecule is COc1cc(OCC(F)(F)F)ccc1C1=C(O)C2(CCOCC2)NC1=O. The normalized spacial score (nSPS) is 19.6. The number of ether oxygens (including phenoxy) is 3. The van der Waals surface area contributed by atoms with E-state index in [4.69, 9.17) is 14.2 Å². The van der Waals surface area contributed by atoms with Crippen LogP contribution in [0, 0.1) is 0 Å². The molecule has 1 aromatic rings. The molecule has 0 aromatic heterocycles. The number of carbonyl (C=O) groups is 1. The monoisotopic (exact) mass is 373 g/mol. The lowest BCUT2D eigenvalue weighted by Crippen LogP contribution is -2.48. The molecule has 0 saturated carbocycles. The van der Waals surface area contributed by atoms with Gasteiger partial charge in [0.1, 0.15) is 22.8 Å². The van der Waals surface area contributed by atoms with E-state index in [9.17, 15) is 23.1 Å². The molecule has 142 valence electrons. The zero-order chi connectivity index (χ0) is 18.9. The van der Waals surface area contributed by atoms with Gasteiger partial charge in [0.15, 0.2) is 6.61 Å². The summed E-state index contributed by atoms with van der Waals surface area (Å²) >= 11 is 0. The molecule has 1 saturated heterocycles. The maximum atomic E-state index is 12.5. The van der Waals surface area contributed by atoms with Gasteiger partial charge in [0.2, 0.25) is 0 Å². The number of halogens is 3. The van der Waals surface area contributed by atoms with Crippen molar-refractivity contribution in [2.75, 3.05) is 26.9 Å². The second kappa shape index (κ2) is 6.71. The van der Waals surface area contributed by atoms with E-state index in [1.54, 1.807) is 0 Å². The van der Waals surface area contributed by atoms with E-state index in [1.807, 2.05) is 0 Å². The Labute approximate surface area is 147 Å². The molecule has 26 heavy (non-hydrogen) atoms. The van der Waals surface area contributed by atoms with Gasteiger partial charge in [0, 0.05) is 37.7 Å². The van der Waals surface area contributed by atoms with Crippen molar-refractivity contribution in [2.45, 2.75) is 24.6 Å². The van der Waals surface area contributed by atoms with Gasteiger partial charge in [-0.05, 0) is 12.1 Å². The van der Waals surface area contributed by atoms with Gasteiger partial charge in [-0.1, -0.05) is 0 Å². The van der Waals surface area contributed by atoms with Crippen molar-refractivity contribution in [3.8, 4) is 11.5 Å². The zero-order valence-corrected chi connectivity index (χ0v) is 14.0. The molecule has 2 N–H and O–H groups in total. The van der Waals surface area contributed by atoms with Crippen molar-refractivity contribution in [2.24, 2.45) is 0 Å². The Hall–Kier alpha value is -2.42. The average molecular weight is 373 g/mol. The maximum absolute atomic E-state index is 12.5. The molecular weight excluding hydrogens is 355 g/mol. The minimum atomic E-state index is -4.46. The number of carbonyl (C=O) groups excluding carboxylic acids is 1. The van der Waals surface area contributed by atoms with E-state index in [0.29, 0.717) is 26.1 Å². The molecule has 1 fully saturated rings. The van der Waals surface area contributed by atoms with Crippen LogP contribution in [-0.4, -0.2) is 49.7 Å². The van der Waals surface area contributed by atoms with Crippen LogP contribution in [0.5, 0.6) is 11.5 Å². The van der Waals surface area contributed by atoms with Crippen molar-refractivity contribution >= 4 is 11.5 Å². The highest BCUT2D eigenvalue weighted by Crippen LogP contribution is 2.41. The van der Waals surface area contributed by atoms with Crippen LogP contribution in [0.4, 0.5) is 13.2 Å². The van der Waals surface area contributed by atoms with Gasteiger partial charge >= 0.3 is 6.18 Å². The summed E-state index contributed by atoms with van der Waals surface area (Å²) in [6.07, 6.45) is -3.60. The van der Waals surface area contributed by atoms with E-state index < -0.39 is 24.2 Å². The minimum Gasteiger partial charge on any atom is -0.509 e. The summed E-state index contributed by atoms with van der Waals surface area (Å²) in [5, 5.41) is 13.5. The lowest BCUT2D eigenvalue weighted by Gasteiger charge is -2.33. The third-order valence-corrected chi connectivity index (χ3v) is 4.46. The number of methoxy groups -OCH3 is 1. The fourth-order valence-electron chi connectivity index (χ4n) is 3.15. The molecule has 0 atom stereocenters. The smallest absolute Gasteiger partial charge is 0.422 e. The zero-order valence-electron chi connectivity index (χ0n) is 14.0. The van der Waals surface area contributed by atoms with E-state index in [-0.39, 0.29) is 28.4 Å². The number of nitrogens with one attached hydrogen (secondary N) is 1. The molecule has 0 bridgehead atoms. The van der Waals surface area contributed by atoms with Crippen LogP contribution in [0.2, 0.25) is 0 Å². The summed E-state index contributed by atoms with van der Waals surface area (Å²) in [4.78, 5) is 12.5. The lowest BCUT2D eigenvalue weighted by molar-refractivity contribution is -0.153. The standard InChI is InChI=1S/C17H18F3NO5/c1-24-12-8-10(26-9-17(18,19)20)2-3-11(12)13-14(22)16(21-15(13)23)4-6-25-7-5-16/h2-3,8,22H,4-7,9H2,1H3,(H,21,23). The summed E-state index contributed by atoms with van der Waals surface area (Å²) in [7, 11) is 1.32. The van der Waals surface area contributed by atoms with Crippen LogP contribution >= 0.6 is 0 Å². The Bertz CT molecular complexity index is 738. The van der Waals surface area contributed by atoms with Gasteiger partial charge in [-0.15, -0.1) is 0 Å². The van der Waals surface area contributed by atoms with Gasteiger partial charge in [0.25, 0.3) is 5.91 Å². The predicted molar refractivity (Wildman–Crippen MR) is 85.0 cm³/mol.